The smallest absolute Gasteiger partial charge is 0.111 e. The molecule has 1 aliphatic rings. The first kappa shape index (κ1) is 8.78. The number of hydrogen-bond acceptors (Lipinski definition) is 3. The van der Waals surface area contributed by atoms with Gasteiger partial charge in [0, 0.05) is 5.56 Å². The molecule has 1 fully saturated rings. The van der Waals surface area contributed by atoms with Crippen LogP contribution in [-0.2, 0) is 0 Å². The van der Waals surface area contributed by atoms with Crippen LogP contribution in [-0.4, -0.2) is 15.8 Å². The van der Waals surface area contributed by atoms with Crippen molar-refractivity contribution in [2.75, 3.05) is 0 Å². The fourth-order valence-corrected chi connectivity index (χ4v) is 2.00. The van der Waals surface area contributed by atoms with E-state index in [1.807, 2.05) is 0 Å². The minimum absolute atomic E-state index is 0.671. The van der Waals surface area contributed by atoms with Gasteiger partial charge in [0.1, 0.15) is 6.10 Å². The maximum atomic E-state index is 10.0. The van der Waals surface area contributed by atoms with Crippen LogP contribution in [0.2, 0.25) is 0 Å². The Hall–Kier alpha value is -0.800. The minimum atomic E-state index is -0.927. The second-order valence-corrected chi connectivity index (χ2v) is 3.77. The topological polar surface area (TPSA) is 53.6 Å². The molecular formula is C10H14O3. The number of aliphatic hydroxyl groups excluding tert-OH is 1. The Labute approximate surface area is 77.0 Å². The molecular weight excluding hydrogens is 168 g/mol. The van der Waals surface area contributed by atoms with Crippen molar-refractivity contribution >= 4 is 0 Å². The first-order valence-corrected chi connectivity index (χ1v) is 4.65. The van der Waals surface area contributed by atoms with Crippen molar-refractivity contribution in [3.63, 3.8) is 0 Å². The van der Waals surface area contributed by atoms with Gasteiger partial charge in [-0.05, 0) is 18.9 Å². The van der Waals surface area contributed by atoms with Crippen LogP contribution in [0.25, 0.3) is 0 Å². The fourth-order valence-electron chi connectivity index (χ4n) is 2.00. The zero-order valence-electron chi connectivity index (χ0n) is 7.44. The standard InChI is InChI=1S/C10H14O3/c11-9(8-3-6-13-7-8)10(12)4-1-2-5-10/h3,6-7,9,11-12H,1-2,4-5H2. The maximum absolute atomic E-state index is 10.0. The van der Waals surface area contributed by atoms with E-state index in [0.717, 1.165) is 12.8 Å². The van der Waals surface area contributed by atoms with E-state index < -0.39 is 11.7 Å². The summed E-state index contributed by atoms with van der Waals surface area (Å²) in [5.74, 6) is 0. The van der Waals surface area contributed by atoms with Crippen molar-refractivity contribution < 1.29 is 14.6 Å². The van der Waals surface area contributed by atoms with E-state index in [-0.39, 0.29) is 0 Å². The van der Waals surface area contributed by atoms with Crippen molar-refractivity contribution in [3.8, 4) is 0 Å². The van der Waals surface area contributed by atoms with Crippen LogP contribution in [0, 0.1) is 0 Å². The molecule has 0 bridgehead atoms. The molecule has 2 rings (SSSR count). The van der Waals surface area contributed by atoms with Gasteiger partial charge in [-0.1, -0.05) is 12.8 Å². The summed E-state index contributed by atoms with van der Waals surface area (Å²) in [5, 5.41) is 19.9. The van der Waals surface area contributed by atoms with Crippen LogP contribution in [0.3, 0.4) is 0 Å². The van der Waals surface area contributed by atoms with Gasteiger partial charge in [0.2, 0.25) is 0 Å². The van der Waals surface area contributed by atoms with Crippen molar-refractivity contribution in [1.29, 1.82) is 0 Å². The lowest BCUT2D eigenvalue weighted by Crippen LogP contribution is -2.32. The Morgan fingerprint density at radius 1 is 1.38 bits per heavy atom. The summed E-state index contributed by atoms with van der Waals surface area (Å²) < 4.78 is 4.87. The molecule has 1 heterocycles. The summed E-state index contributed by atoms with van der Waals surface area (Å²) >= 11 is 0. The average molecular weight is 182 g/mol. The number of aliphatic hydroxyl groups is 2. The Morgan fingerprint density at radius 2 is 2.08 bits per heavy atom. The normalized spacial score (nSPS) is 23.2. The molecule has 0 spiro atoms. The van der Waals surface area contributed by atoms with Crippen LogP contribution >= 0.6 is 0 Å². The third-order valence-corrected chi connectivity index (χ3v) is 2.84. The first-order valence-electron chi connectivity index (χ1n) is 4.65. The second kappa shape index (κ2) is 3.16. The predicted octanol–water partition coefficient (Wildman–Crippen LogP) is 1.62. The molecule has 2 N–H and O–H groups in total. The lowest BCUT2D eigenvalue weighted by Gasteiger charge is -2.27. The van der Waals surface area contributed by atoms with E-state index in [1.54, 1.807) is 6.07 Å². The highest BCUT2D eigenvalue weighted by atomic mass is 16.3. The molecule has 1 saturated carbocycles. The summed E-state index contributed by atoms with van der Waals surface area (Å²) in [6.45, 7) is 0. The zero-order chi connectivity index (χ0) is 9.31. The number of furan rings is 1. The molecule has 0 amide bonds. The summed E-state index contributed by atoms with van der Waals surface area (Å²) in [6, 6.07) is 1.70. The monoisotopic (exact) mass is 182 g/mol. The zero-order valence-corrected chi connectivity index (χ0v) is 7.44. The summed E-state index contributed by atoms with van der Waals surface area (Å²) in [5.41, 5.74) is -0.256. The van der Waals surface area contributed by atoms with Crippen LogP contribution in [0.15, 0.2) is 23.0 Å². The Morgan fingerprint density at radius 3 is 2.62 bits per heavy atom. The van der Waals surface area contributed by atoms with Crippen molar-refractivity contribution in [1.82, 2.24) is 0 Å². The van der Waals surface area contributed by atoms with Gasteiger partial charge in [0.05, 0.1) is 18.1 Å². The molecule has 1 aromatic heterocycles. The minimum Gasteiger partial charge on any atom is -0.472 e. The Bertz CT molecular complexity index is 260. The van der Waals surface area contributed by atoms with Gasteiger partial charge in [-0.2, -0.15) is 0 Å². The van der Waals surface area contributed by atoms with Gasteiger partial charge in [-0.3, -0.25) is 0 Å². The molecule has 1 aromatic rings. The van der Waals surface area contributed by atoms with E-state index in [1.165, 1.54) is 12.5 Å². The molecule has 1 atom stereocenters. The van der Waals surface area contributed by atoms with E-state index in [0.29, 0.717) is 18.4 Å². The third-order valence-electron chi connectivity index (χ3n) is 2.84. The molecule has 1 aliphatic carbocycles. The van der Waals surface area contributed by atoms with Gasteiger partial charge in [0.15, 0.2) is 0 Å². The average Bonchev–Trinajstić information content (AvgIpc) is 2.73. The van der Waals surface area contributed by atoms with E-state index in [4.69, 9.17) is 4.42 Å². The van der Waals surface area contributed by atoms with Crippen molar-refractivity contribution in [3.05, 3.63) is 24.2 Å². The molecule has 72 valence electrons. The quantitative estimate of drug-likeness (QED) is 0.730. The molecule has 3 nitrogen and oxygen atoms in total. The highest BCUT2D eigenvalue weighted by Crippen LogP contribution is 2.39. The molecule has 0 aromatic carbocycles. The lowest BCUT2D eigenvalue weighted by atomic mass is 9.91. The van der Waals surface area contributed by atoms with E-state index in [9.17, 15) is 10.2 Å². The second-order valence-electron chi connectivity index (χ2n) is 3.77. The third kappa shape index (κ3) is 1.49. The molecule has 0 saturated heterocycles. The van der Waals surface area contributed by atoms with E-state index >= 15 is 0 Å². The highest BCUT2D eigenvalue weighted by molar-refractivity contribution is 5.14. The summed E-state index contributed by atoms with van der Waals surface area (Å²) in [7, 11) is 0. The summed E-state index contributed by atoms with van der Waals surface area (Å²) in [4.78, 5) is 0. The Kier molecular flexibility index (Phi) is 2.14. The lowest BCUT2D eigenvalue weighted by molar-refractivity contribution is -0.0721. The van der Waals surface area contributed by atoms with Crippen molar-refractivity contribution in [2.24, 2.45) is 0 Å². The first-order chi connectivity index (χ1) is 6.22. The molecule has 0 radical (unpaired) electrons. The van der Waals surface area contributed by atoms with Crippen LogP contribution < -0.4 is 0 Å². The van der Waals surface area contributed by atoms with Gasteiger partial charge in [-0.25, -0.2) is 0 Å². The van der Waals surface area contributed by atoms with Crippen molar-refractivity contribution in [2.45, 2.75) is 37.4 Å². The SMILES string of the molecule is OC(c1ccoc1)C1(O)CCCC1. The van der Waals surface area contributed by atoms with Crippen LogP contribution in [0.4, 0.5) is 0 Å². The molecule has 13 heavy (non-hydrogen) atoms. The summed E-state index contributed by atoms with van der Waals surface area (Å²) in [6.07, 6.45) is 5.54. The Balaban J connectivity index is 2.16. The van der Waals surface area contributed by atoms with E-state index in [2.05, 4.69) is 0 Å². The highest BCUT2D eigenvalue weighted by Gasteiger charge is 2.39. The van der Waals surface area contributed by atoms with Crippen LogP contribution in [0.5, 0.6) is 0 Å². The van der Waals surface area contributed by atoms with Gasteiger partial charge >= 0.3 is 0 Å². The largest absolute Gasteiger partial charge is 0.472 e. The molecule has 3 heteroatoms. The van der Waals surface area contributed by atoms with Crippen LogP contribution in [0.1, 0.15) is 37.4 Å². The number of hydrogen-bond donors (Lipinski definition) is 2. The fraction of sp³-hybridized carbons (Fsp3) is 0.600. The van der Waals surface area contributed by atoms with Gasteiger partial charge in [-0.15, -0.1) is 0 Å². The number of rotatable bonds is 2. The molecule has 1 unspecified atom stereocenters. The van der Waals surface area contributed by atoms with Gasteiger partial charge < -0.3 is 14.6 Å². The predicted molar refractivity (Wildman–Crippen MR) is 47.1 cm³/mol. The molecule has 0 aliphatic heterocycles. The van der Waals surface area contributed by atoms with Gasteiger partial charge in [0.25, 0.3) is 0 Å². The maximum Gasteiger partial charge on any atom is 0.111 e.